The van der Waals surface area contributed by atoms with Gasteiger partial charge in [-0.3, -0.25) is 0 Å². The van der Waals surface area contributed by atoms with Crippen LogP contribution < -0.4 is 10.2 Å². The lowest BCUT2D eigenvalue weighted by atomic mass is 10.1. The van der Waals surface area contributed by atoms with Gasteiger partial charge in [0.1, 0.15) is 5.82 Å². The van der Waals surface area contributed by atoms with Gasteiger partial charge in [-0.15, -0.1) is 0 Å². The van der Waals surface area contributed by atoms with Crippen molar-refractivity contribution in [2.45, 2.75) is 27.3 Å². The maximum absolute atomic E-state index is 4.55. The highest BCUT2D eigenvalue weighted by atomic mass is 15.3. The molecule has 0 aliphatic carbocycles. The second-order valence-corrected chi connectivity index (χ2v) is 4.75. The molecule has 1 aromatic carbocycles. The molecule has 0 aliphatic rings. The summed E-state index contributed by atoms with van der Waals surface area (Å²) in [4.78, 5) is 11.0. The van der Waals surface area contributed by atoms with Crippen molar-refractivity contribution >= 4 is 11.8 Å². The van der Waals surface area contributed by atoms with E-state index in [-0.39, 0.29) is 0 Å². The summed E-state index contributed by atoms with van der Waals surface area (Å²) in [5.74, 6) is 1.64. The van der Waals surface area contributed by atoms with E-state index in [0.717, 1.165) is 31.4 Å². The predicted octanol–water partition coefficient (Wildman–Crippen LogP) is 3.24. The van der Waals surface area contributed by atoms with Crippen LogP contribution >= 0.6 is 0 Å². The number of hydrogen-bond donors (Lipinski definition) is 1. The van der Waals surface area contributed by atoms with Crippen LogP contribution in [0.2, 0.25) is 0 Å². The monoisotopic (exact) mass is 270 g/mol. The SMILES string of the molecule is CCN(CC)c1nccc(NCc2ccc(C)cc2)n1. The van der Waals surface area contributed by atoms with E-state index in [0.29, 0.717) is 0 Å². The van der Waals surface area contributed by atoms with Crippen LogP contribution in [0.25, 0.3) is 0 Å². The molecule has 0 bridgehead atoms. The molecule has 4 heteroatoms. The number of anilines is 2. The fourth-order valence-corrected chi connectivity index (χ4v) is 2.00. The molecule has 0 atom stereocenters. The number of hydrogen-bond acceptors (Lipinski definition) is 4. The Bertz CT molecular complexity index is 532. The molecule has 4 nitrogen and oxygen atoms in total. The van der Waals surface area contributed by atoms with E-state index in [1.54, 1.807) is 6.20 Å². The first-order valence-corrected chi connectivity index (χ1v) is 7.10. The smallest absolute Gasteiger partial charge is 0.227 e. The third-order valence-electron chi connectivity index (χ3n) is 3.28. The Hall–Kier alpha value is -2.10. The number of nitrogens with one attached hydrogen (secondary N) is 1. The second-order valence-electron chi connectivity index (χ2n) is 4.75. The molecule has 0 radical (unpaired) electrons. The minimum atomic E-state index is 0.773. The lowest BCUT2D eigenvalue weighted by Crippen LogP contribution is -2.24. The topological polar surface area (TPSA) is 41.1 Å². The second kappa shape index (κ2) is 6.89. The molecule has 0 unspecified atom stereocenters. The summed E-state index contributed by atoms with van der Waals surface area (Å²) in [5.41, 5.74) is 2.53. The molecule has 1 aromatic heterocycles. The minimum absolute atomic E-state index is 0.773. The van der Waals surface area contributed by atoms with E-state index in [4.69, 9.17) is 0 Å². The van der Waals surface area contributed by atoms with Crippen molar-refractivity contribution in [3.8, 4) is 0 Å². The molecule has 20 heavy (non-hydrogen) atoms. The van der Waals surface area contributed by atoms with Crippen LogP contribution in [0.3, 0.4) is 0 Å². The van der Waals surface area contributed by atoms with Gasteiger partial charge in [-0.2, -0.15) is 4.98 Å². The van der Waals surface area contributed by atoms with Gasteiger partial charge in [-0.25, -0.2) is 4.98 Å². The molecule has 2 aromatic rings. The first-order valence-electron chi connectivity index (χ1n) is 7.10. The lowest BCUT2D eigenvalue weighted by molar-refractivity contribution is 0.821. The van der Waals surface area contributed by atoms with Gasteiger partial charge in [0.15, 0.2) is 0 Å². The third kappa shape index (κ3) is 3.70. The normalized spacial score (nSPS) is 10.3. The van der Waals surface area contributed by atoms with Crippen LogP contribution in [-0.4, -0.2) is 23.1 Å². The fraction of sp³-hybridized carbons (Fsp3) is 0.375. The van der Waals surface area contributed by atoms with E-state index in [1.165, 1.54) is 11.1 Å². The zero-order valence-electron chi connectivity index (χ0n) is 12.4. The van der Waals surface area contributed by atoms with Crippen LogP contribution in [0.1, 0.15) is 25.0 Å². The molecule has 0 spiro atoms. The van der Waals surface area contributed by atoms with Crippen LogP contribution in [0.15, 0.2) is 36.5 Å². The zero-order chi connectivity index (χ0) is 14.4. The van der Waals surface area contributed by atoms with Crippen molar-refractivity contribution in [1.29, 1.82) is 0 Å². The summed E-state index contributed by atoms with van der Waals surface area (Å²) in [6.07, 6.45) is 1.80. The van der Waals surface area contributed by atoms with E-state index in [2.05, 4.69) is 65.2 Å². The maximum Gasteiger partial charge on any atom is 0.227 e. The molecule has 0 fully saturated rings. The fourth-order valence-electron chi connectivity index (χ4n) is 2.00. The summed E-state index contributed by atoms with van der Waals surface area (Å²) in [6.45, 7) is 8.92. The third-order valence-corrected chi connectivity index (χ3v) is 3.28. The molecule has 0 aliphatic heterocycles. The number of rotatable bonds is 6. The van der Waals surface area contributed by atoms with Gasteiger partial charge >= 0.3 is 0 Å². The first-order chi connectivity index (χ1) is 9.72. The Morgan fingerprint density at radius 2 is 1.75 bits per heavy atom. The van der Waals surface area contributed by atoms with Crippen molar-refractivity contribution < 1.29 is 0 Å². The number of aromatic nitrogens is 2. The van der Waals surface area contributed by atoms with E-state index in [1.807, 2.05) is 6.07 Å². The van der Waals surface area contributed by atoms with Crippen molar-refractivity contribution in [1.82, 2.24) is 9.97 Å². The first kappa shape index (κ1) is 14.3. The highest BCUT2D eigenvalue weighted by Gasteiger charge is 2.05. The lowest BCUT2D eigenvalue weighted by Gasteiger charge is -2.18. The van der Waals surface area contributed by atoms with Gasteiger partial charge in [0, 0.05) is 25.8 Å². The maximum atomic E-state index is 4.55. The Morgan fingerprint density at radius 1 is 1.05 bits per heavy atom. The summed E-state index contributed by atoms with van der Waals surface area (Å²) < 4.78 is 0. The van der Waals surface area contributed by atoms with Crippen molar-refractivity contribution in [3.63, 3.8) is 0 Å². The quantitative estimate of drug-likeness (QED) is 0.875. The molecular formula is C16H22N4. The number of benzene rings is 1. The van der Waals surface area contributed by atoms with E-state index in [9.17, 15) is 0 Å². The largest absolute Gasteiger partial charge is 0.366 e. The van der Waals surface area contributed by atoms with Crippen molar-refractivity contribution in [2.75, 3.05) is 23.3 Å². The Kier molecular flexibility index (Phi) is 4.93. The summed E-state index contributed by atoms with van der Waals surface area (Å²) in [6, 6.07) is 10.4. The number of aryl methyl sites for hydroxylation is 1. The van der Waals surface area contributed by atoms with E-state index < -0.39 is 0 Å². The molecule has 2 rings (SSSR count). The van der Waals surface area contributed by atoms with Gasteiger partial charge in [-0.05, 0) is 32.4 Å². The van der Waals surface area contributed by atoms with Gasteiger partial charge in [0.05, 0.1) is 0 Å². The highest BCUT2D eigenvalue weighted by Crippen LogP contribution is 2.12. The molecule has 0 amide bonds. The average Bonchev–Trinajstić information content (AvgIpc) is 2.48. The van der Waals surface area contributed by atoms with Crippen molar-refractivity contribution in [3.05, 3.63) is 47.7 Å². The van der Waals surface area contributed by atoms with Gasteiger partial charge in [-0.1, -0.05) is 29.8 Å². The minimum Gasteiger partial charge on any atom is -0.366 e. The van der Waals surface area contributed by atoms with Crippen molar-refractivity contribution in [2.24, 2.45) is 0 Å². The summed E-state index contributed by atoms with van der Waals surface area (Å²) in [5, 5.41) is 3.35. The number of nitrogens with zero attached hydrogens (tertiary/aromatic N) is 3. The van der Waals surface area contributed by atoms with Crippen LogP contribution in [0.4, 0.5) is 11.8 Å². The summed E-state index contributed by atoms with van der Waals surface area (Å²) in [7, 11) is 0. The molecular weight excluding hydrogens is 248 g/mol. The summed E-state index contributed by atoms with van der Waals surface area (Å²) >= 11 is 0. The molecule has 1 N–H and O–H groups in total. The van der Waals surface area contributed by atoms with Gasteiger partial charge < -0.3 is 10.2 Å². The Morgan fingerprint density at radius 3 is 2.40 bits per heavy atom. The molecule has 0 saturated carbocycles. The predicted molar refractivity (Wildman–Crippen MR) is 84.1 cm³/mol. The molecule has 106 valence electrons. The van der Waals surface area contributed by atoms with Crippen LogP contribution in [0.5, 0.6) is 0 Å². The van der Waals surface area contributed by atoms with Gasteiger partial charge in [0.2, 0.25) is 5.95 Å². The van der Waals surface area contributed by atoms with Crippen LogP contribution in [0, 0.1) is 6.92 Å². The zero-order valence-corrected chi connectivity index (χ0v) is 12.4. The van der Waals surface area contributed by atoms with Gasteiger partial charge in [0.25, 0.3) is 0 Å². The van der Waals surface area contributed by atoms with E-state index >= 15 is 0 Å². The molecule has 1 heterocycles. The average molecular weight is 270 g/mol. The van der Waals surface area contributed by atoms with Crippen LogP contribution in [-0.2, 0) is 6.54 Å². The standard InChI is InChI=1S/C16H22N4/c1-4-20(5-2)16-17-11-10-15(19-16)18-12-14-8-6-13(3)7-9-14/h6-11H,4-5,12H2,1-3H3,(H,17,18,19). The highest BCUT2D eigenvalue weighted by molar-refractivity contribution is 5.41. The Labute approximate surface area is 120 Å². The molecule has 0 saturated heterocycles. The Balaban J connectivity index is 2.02.